The summed E-state index contributed by atoms with van der Waals surface area (Å²) in [6, 6.07) is 0. The molecule has 4 N–H and O–H groups in total. The Morgan fingerprint density at radius 2 is 1.36 bits per heavy atom. The van der Waals surface area contributed by atoms with E-state index in [1.807, 2.05) is 0 Å². The zero-order chi connectivity index (χ0) is 8.69. The lowest BCUT2D eigenvalue weighted by atomic mass is 10.3. The Labute approximate surface area is 64.7 Å². The van der Waals surface area contributed by atoms with Gasteiger partial charge in [-0.15, -0.1) is 0 Å². The van der Waals surface area contributed by atoms with Gasteiger partial charge in [-0.1, -0.05) is 0 Å². The van der Waals surface area contributed by atoms with E-state index >= 15 is 0 Å². The number of ether oxygens (including phenoxy) is 1. The Morgan fingerprint density at radius 1 is 1.09 bits per heavy atom. The highest BCUT2D eigenvalue weighted by Gasteiger charge is 1.96. The topological polar surface area (TPSA) is 98.7 Å². The molecule has 1 aliphatic rings. The van der Waals surface area contributed by atoms with Crippen molar-refractivity contribution in [2.45, 2.75) is 12.8 Å². The molecule has 2 amide bonds. The molecule has 0 bridgehead atoms. The van der Waals surface area contributed by atoms with Crippen LogP contribution in [0.1, 0.15) is 12.8 Å². The maximum Gasteiger partial charge on any atom is 0.217 e. The number of carbonyl (C=O) groups excluding carboxylic acids is 2. The molecule has 0 atom stereocenters. The lowest BCUT2D eigenvalue weighted by Gasteiger charge is -1.87. The van der Waals surface area contributed by atoms with Crippen molar-refractivity contribution in [2.24, 2.45) is 11.5 Å². The number of hydrogen-bond donors (Lipinski definition) is 2. The molecule has 1 fully saturated rings. The van der Waals surface area contributed by atoms with Crippen LogP contribution in [0.4, 0.5) is 0 Å². The van der Waals surface area contributed by atoms with Crippen LogP contribution in [0.15, 0.2) is 0 Å². The Kier molecular flexibility index (Phi) is 5.10. The van der Waals surface area contributed by atoms with Crippen LogP contribution in [0.2, 0.25) is 0 Å². The molecule has 1 heterocycles. The second-order valence-corrected chi connectivity index (χ2v) is 2.04. The van der Waals surface area contributed by atoms with E-state index in [0.29, 0.717) is 0 Å². The van der Waals surface area contributed by atoms with Crippen LogP contribution in [0.25, 0.3) is 0 Å². The molecule has 0 aromatic heterocycles. The Morgan fingerprint density at radius 3 is 1.45 bits per heavy atom. The number of rotatable bonds is 3. The third-order valence-corrected chi connectivity index (χ3v) is 0.822. The number of amides is 2. The fraction of sp³-hybridized carbons (Fsp3) is 0.667. The van der Waals surface area contributed by atoms with Gasteiger partial charge in [-0.3, -0.25) is 9.59 Å². The van der Waals surface area contributed by atoms with E-state index in [9.17, 15) is 9.59 Å². The van der Waals surface area contributed by atoms with Gasteiger partial charge in [-0.2, -0.15) is 0 Å². The number of nitrogens with two attached hydrogens (primary N) is 2. The van der Waals surface area contributed by atoms with E-state index in [4.69, 9.17) is 11.5 Å². The van der Waals surface area contributed by atoms with E-state index in [-0.39, 0.29) is 12.8 Å². The zero-order valence-corrected chi connectivity index (χ0v) is 6.21. The lowest BCUT2D eigenvalue weighted by Crippen LogP contribution is -2.16. The summed E-state index contributed by atoms with van der Waals surface area (Å²) in [6.07, 6.45) is 0.102. The van der Waals surface area contributed by atoms with Crippen molar-refractivity contribution in [1.82, 2.24) is 0 Å². The summed E-state index contributed by atoms with van der Waals surface area (Å²) in [5, 5.41) is 0. The summed E-state index contributed by atoms with van der Waals surface area (Å²) < 4.78 is 4.50. The van der Waals surface area contributed by atoms with Gasteiger partial charge in [0.05, 0.1) is 13.2 Å². The van der Waals surface area contributed by atoms with Gasteiger partial charge in [0.25, 0.3) is 0 Å². The molecule has 1 aliphatic heterocycles. The second kappa shape index (κ2) is 5.67. The minimum absolute atomic E-state index is 0.0509. The van der Waals surface area contributed by atoms with E-state index in [1.54, 1.807) is 0 Å². The molecule has 0 radical (unpaired) electrons. The average Bonchev–Trinajstić information content (AvgIpc) is 2.67. The summed E-state index contributed by atoms with van der Waals surface area (Å²) in [5.74, 6) is -0.993. The lowest BCUT2D eigenvalue weighted by molar-refractivity contribution is -0.123. The monoisotopic (exact) mass is 160 g/mol. The highest BCUT2D eigenvalue weighted by atomic mass is 16.6. The number of epoxide rings is 1. The summed E-state index contributed by atoms with van der Waals surface area (Å²) in [5.41, 5.74) is 9.39. The summed E-state index contributed by atoms with van der Waals surface area (Å²) in [7, 11) is 0. The van der Waals surface area contributed by atoms with Crippen molar-refractivity contribution < 1.29 is 14.3 Å². The maximum atomic E-state index is 9.92. The molecule has 0 unspecified atom stereocenters. The standard InChI is InChI=1S/C4H8N2O2.C2H4O/c5-3(7)1-2-4(6)8;1-2-3-1/h1-2H2,(H2,5,7)(H2,6,8);1-2H2. The van der Waals surface area contributed by atoms with Crippen molar-refractivity contribution >= 4 is 11.8 Å². The molecule has 0 aromatic carbocycles. The maximum absolute atomic E-state index is 9.92. The molecule has 5 nitrogen and oxygen atoms in total. The molecule has 0 aromatic rings. The van der Waals surface area contributed by atoms with Gasteiger partial charge in [0.1, 0.15) is 0 Å². The third-order valence-electron chi connectivity index (χ3n) is 0.822. The fourth-order valence-corrected chi connectivity index (χ4v) is 0.246. The molecule has 64 valence electrons. The SMILES string of the molecule is C1CO1.NC(=O)CCC(N)=O. The van der Waals surface area contributed by atoms with Gasteiger partial charge in [0, 0.05) is 12.8 Å². The molecule has 0 spiro atoms. The smallest absolute Gasteiger partial charge is 0.217 e. The van der Waals surface area contributed by atoms with Crippen LogP contribution in [-0.4, -0.2) is 25.0 Å². The van der Waals surface area contributed by atoms with Crippen LogP contribution < -0.4 is 11.5 Å². The van der Waals surface area contributed by atoms with Crippen molar-refractivity contribution in [3.8, 4) is 0 Å². The Bertz CT molecular complexity index is 128. The first-order valence-corrected chi connectivity index (χ1v) is 3.27. The predicted octanol–water partition coefficient (Wildman–Crippen LogP) is -1.25. The Balaban J connectivity index is 0.000000271. The quantitative estimate of drug-likeness (QED) is 0.505. The van der Waals surface area contributed by atoms with Crippen molar-refractivity contribution in [1.29, 1.82) is 0 Å². The van der Waals surface area contributed by atoms with Crippen molar-refractivity contribution in [2.75, 3.05) is 13.2 Å². The molecule has 0 saturated carbocycles. The van der Waals surface area contributed by atoms with Gasteiger partial charge in [-0.25, -0.2) is 0 Å². The van der Waals surface area contributed by atoms with E-state index < -0.39 is 11.8 Å². The van der Waals surface area contributed by atoms with Crippen LogP contribution in [0, 0.1) is 0 Å². The summed E-state index contributed by atoms with van der Waals surface area (Å²) >= 11 is 0. The predicted molar refractivity (Wildman–Crippen MR) is 38.4 cm³/mol. The third kappa shape index (κ3) is 17.6. The molecule has 1 saturated heterocycles. The number of hydrogen-bond acceptors (Lipinski definition) is 3. The van der Waals surface area contributed by atoms with Crippen molar-refractivity contribution in [3.05, 3.63) is 0 Å². The van der Waals surface area contributed by atoms with Crippen LogP contribution >= 0.6 is 0 Å². The summed E-state index contributed by atoms with van der Waals surface area (Å²) in [6.45, 7) is 2.00. The molecular weight excluding hydrogens is 148 g/mol. The van der Waals surface area contributed by atoms with Gasteiger partial charge < -0.3 is 16.2 Å². The number of primary amides is 2. The van der Waals surface area contributed by atoms with E-state index in [2.05, 4.69) is 4.74 Å². The van der Waals surface area contributed by atoms with E-state index in [0.717, 1.165) is 13.2 Å². The minimum Gasteiger partial charge on any atom is -0.377 e. The first kappa shape index (κ1) is 9.90. The minimum atomic E-state index is -0.496. The largest absolute Gasteiger partial charge is 0.377 e. The molecule has 11 heavy (non-hydrogen) atoms. The van der Waals surface area contributed by atoms with Gasteiger partial charge in [0.15, 0.2) is 0 Å². The van der Waals surface area contributed by atoms with Crippen molar-refractivity contribution in [3.63, 3.8) is 0 Å². The summed E-state index contributed by atoms with van der Waals surface area (Å²) in [4.78, 5) is 19.8. The molecular formula is C6H12N2O3. The Hall–Kier alpha value is -1.10. The van der Waals surface area contributed by atoms with Gasteiger partial charge in [-0.05, 0) is 0 Å². The molecule has 5 heteroatoms. The number of carbonyl (C=O) groups is 2. The molecule has 0 aliphatic carbocycles. The fourth-order valence-electron chi connectivity index (χ4n) is 0.246. The van der Waals surface area contributed by atoms with Crippen LogP contribution in [0.3, 0.4) is 0 Å². The highest BCUT2D eigenvalue weighted by molar-refractivity contribution is 5.81. The molecule has 1 rings (SSSR count). The van der Waals surface area contributed by atoms with Crippen LogP contribution in [0.5, 0.6) is 0 Å². The second-order valence-electron chi connectivity index (χ2n) is 2.04. The van der Waals surface area contributed by atoms with Gasteiger partial charge >= 0.3 is 0 Å². The van der Waals surface area contributed by atoms with Crippen LogP contribution in [-0.2, 0) is 14.3 Å². The first-order valence-electron chi connectivity index (χ1n) is 3.27. The highest BCUT2D eigenvalue weighted by Crippen LogP contribution is 1.84. The van der Waals surface area contributed by atoms with E-state index in [1.165, 1.54) is 0 Å². The first-order chi connectivity index (χ1) is 5.13. The van der Waals surface area contributed by atoms with Gasteiger partial charge in [0.2, 0.25) is 11.8 Å². The average molecular weight is 160 g/mol. The normalized spacial score (nSPS) is 12.7. The zero-order valence-electron chi connectivity index (χ0n) is 6.21.